The molecule has 0 saturated carbocycles. The number of amides is 1. The third kappa shape index (κ3) is 3.95. The van der Waals surface area contributed by atoms with Crippen LogP contribution in [0.1, 0.15) is 31.9 Å². The minimum absolute atomic E-state index is 0.0541. The van der Waals surface area contributed by atoms with Gasteiger partial charge in [0.05, 0.1) is 22.0 Å². The van der Waals surface area contributed by atoms with Crippen LogP contribution in [0.4, 0.5) is 5.82 Å². The Morgan fingerprint density at radius 3 is 2.09 bits per heavy atom. The van der Waals surface area contributed by atoms with Gasteiger partial charge in [-0.3, -0.25) is 4.79 Å². The van der Waals surface area contributed by atoms with Crippen molar-refractivity contribution in [1.82, 2.24) is 14.5 Å². The molecule has 0 fully saturated rings. The molecule has 0 radical (unpaired) electrons. The Labute approximate surface area is 203 Å². The maximum atomic E-state index is 14.0. The topological polar surface area (TPSA) is 93.9 Å². The van der Waals surface area contributed by atoms with Gasteiger partial charge in [-0.1, -0.05) is 67.6 Å². The second-order valence-electron chi connectivity index (χ2n) is 8.24. The third-order valence-corrected chi connectivity index (χ3v) is 7.84. The van der Waals surface area contributed by atoms with Crippen molar-refractivity contribution in [3.8, 4) is 0 Å². The lowest BCUT2D eigenvalue weighted by Gasteiger charge is -2.19. The number of nitrogens with zero attached hydrogens (tertiary/aromatic N) is 3. The van der Waals surface area contributed by atoms with Gasteiger partial charge < -0.3 is 9.88 Å². The Balaban J connectivity index is 1.93. The van der Waals surface area contributed by atoms with E-state index in [1.54, 1.807) is 47.9 Å². The molecule has 0 spiro atoms. The summed E-state index contributed by atoms with van der Waals surface area (Å²) in [6.07, 6.45) is 0.189. The van der Waals surface area contributed by atoms with Crippen molar-refractivity contribution in [3.63, 3.8) is 0 Å². The van der Waals surface area contributed by atoms with Crippen molar-refractivity contribution in [3.05, 3.63) is 90.5 Å². The van der Waals surface area contributed by atoms with Crippen LogP contribution in [0, 0.1) is 0 Å². The first kappa shape index (κ1) is 22.7. The summed E-state index contributed by atoms with van der Waals surface area (Å²) in [5.74, 6) is -0.134. The lowest BCUT2D eigenvalue weighted by molar-refractivity contribution is -0.115. The molecule has 0 saturated heterocycles. The first-order valence-electron chi connectivity index (χ1n) is 11.4. The molecule has 0 aliphatic carbocycles. The van der Waals surface area contributed by atoms with E-state index in [2.05, 4.69) is 5.32 Å². The van der Waals surface area contributed by atoms with Gasteiger partial charge in [0.1, 0.15) is 16.2 Å². The summed E-state index contributed by atoms with van der Waals surface area (Å²) >= 11 is 0. The molecule has 176 valence electrons. The second kappa shape index (κ2) is 8.96. The van der Waals surface area contributed by atoms with E-state index in [0.29, 0.717) is 16.7 Å². The molecule has 5 aromatic rings. The standard InChI is InChI=1S/C27H24N4O3S/c1-3-23(32)30-27-25(35(33,34)20-14-8-5-9-15-20)24-26(29-22-17-11-10-16-21(22)28-24)31(27)18(2)19-12-6-4-7-13-19/h4-18H,3H2,1-2H3,(H,30,32)/t18-/m0/s1. The third-order valence-electron chi connectivity index (χ3n) is 6.02. The monoisotopic (exact) mass is 484 g/mol. The molecule has 0 aliphatic heterocycles. The molecule has 7 nitrogen and oxygen atoms in total. The second-order valence-corrected chi connectivity index (χ2v) is 10.1. The normalized spacial score (nSPS) is 12.6. The molecule has 5 rings (SSSR count). The number of para-hydroxylation sites is 2. The van der Waals surface area contributed by atoms with Gasteiger partial charge in [-0.15, -0.1) is 0 Å². The van der Waals surface area contributed by atoms with E-state index >= 15 is 0 Å². The number of carbonyl (C=O) groups is 1. The maximum Gasteiger partial charge on any atom is 0.225 e. The average molecular weight is 485 g/mol. The molecule has 2 heterocycles. The molecule has 2 aromatic heterocycles. The van der Waals surface area contributed by atoms with Crippen molar-refractivity contribution in [2.75, 3.05) is 5.32 Å². The van der Waals surface area contributed by atoms with E-state index in [0.717, 1.165) is 5.56 Å². The highest BCUT2D eigenvalue weighted by Crippen LogP contribution is 2.40. The summed E-state index contributed by atoms with van der Waals surface area (Å²) in [7, 11) is -4.05. The number of rotatable bonds is 6. The molecule has 0 bridgehead atoms. The van der Waals surface area contributed by atoms with Crippen LogP contribution >= 0.6 is 0 Å². The number of hydrogen-bond acceptors (Lipinski definition) is 5. The van der Waals surface area contributed by atoms with Gasteiger partial charge in [-0.2, -0.15) is 0 Å². The summed E-state index contributed by atoms with van der Waals surface area (Å²) in [5, 5.41) is 2.86. The van der Waals surface area contributed by atoms with Crippen molar-refractivity contribution in [1.29, 1.82) is 0 Å². The Morgan fingerprint density at radius 2 is 1.46 bits per heavy atom. The number of carbonyl (C=O) groups excluding carboxylic acids is 1. The van der Waals surface area contributed by atoms with Crippen molar-refractivity contribution in [2.24, 2.45) is 0 Å². The van der Waals surface area contributed by atoms with Crippen LogP contribution in [0.15, 0.2) is 94.7 Å². The summed E-state index contributed by atoms with van der Waals surface area (Å²) < 4.78 is 29.8. The van der Waals surface area contributed by atoms with E-state index in [-0.39, 0.29) is 39.5 Å². The molecule has 1 amide bonds. The molecule has 0 unspecified atom stereocenters. The first-order chi connectivity index (χ1) is 16.9. The van der Waals surface area contributed by atoms with E-state index in [1.165, 1.54) is 0 Å². The molecule has 3 aromatic carbocycles. The molecule has 1 N–H and O–H groups in total. The summed E-state index contributed by atoms with van der Waals surface area (Å²) in [6.45, 7) is 3.67. The predicted octanol–water partition coefficient (Wildman–Crippen LogP) is 5.38. The van der Waals surface area contributed by atoms with E-state index in [4.69, 9.17) is 9.97 Å². The Morgan fingerprint density at radius 1 is 0.886 bits per heavy atom. The number of hydrogen-bond donors (Lipinski definition) is 1. The Kier molecular flexibility index (Phi) is 5.82. The van der Waals surface area contributed by atoms with Gasteiger partial charge in [0.15, 0.2) is 5.65 Å². The van der Waals surface area contributed by atoms with E-state index in [9.17, 15) is 13.2 Å². The zero-order valence-electron chi connectivity index (χ0n) is 19.3. The van der Waals surface area contributed by atoms with Crippen LogP contribution in [-0.2, 0) is 14.6 Å². The highest BCUT2D eigenvalue weighted by atomic mass is 32.2. The van der Waals surface area contributed by atoms with Gasteiger partial charge in [-0.25, -0.2) is 18.4 Å². The van der Waals surface area contributed by atoms with E-state index < -0.39 is 9.84 Å². The molecular weight excluding hydrogens is 460 g/mol. The fourth-order valence-corrected chi connectivity index (χ4v) is 5.75. The van der Waals surface area contributed by atoms with Crippen molar-refractivity contribution >= 4 is 43.8 Å². The Bertz CT molecular complexity index is 1650. The fraction of sp³-hybridized carbons (Fsp3) is 0.148. The van der Waals surface area contributed by atoms with E-state index in [1.807, 2.05) is 55.5 Å². The number of fused-ring (bicyclic) bond motifs is 2. The zero-order valence-corrected chi connectivity index (χ0v) is 20.2. The van der Waals surface area contributed by atoms with Crippen LogP contribution in [0.2, 0.25) is 0 Å². The molecule has 8 heteroatoms. The molecule has 35 heavy (non-hydrogen) atoms. The number of benzene rings is 3. The SMILES string of the molecule is CCC(=O)Nc1c(S(=O)(=O)c2ccccc2)c2nc3ccccc3nc2n1[C@@H](C)c1ccccc1. The van der Waals surface area contributed by atoms with Gasteiger partial charge in [0, 0.05) is 6.42 Å². The van der Waals surface area contributed by atoms with Gasteiger partial charge in [-0.05, 0) is 36.8 Å². The predicted molar refractivity (Wildman–Crippen MR) is 136 cm³/mol. The summed E-state index contributed by atoms with van der Waals surface area (Å²) in [6, 6.07) is 24.8. The molecular formula is C27H24N4O3S. The maximum absolute atomic E-state index is 14.0. The quantitative estimate of drug-likeness (QED) is 0.349. The van der Waals surface area contributed by atoms with Crippen molar-refractivity contribution < 1.29 is 13.2 Å². The van der Waals surface area contributed by atoms with Gasteiger partial charge in [0.2, 0.25) is 15.7 Å². The van der Waals surface area contributed by atoms with Gasteiger partial charge >= 0.3 is 0 Å². The zero-order chi connectivity index (χ0) is 24.6. The number of nitrogens with one attached hydrogen (secondary N) is 1. The van der Waals surface area contributed by atoms with Crippen molar-refractivity contribution in [2.45, 2.75) is 36.1 Å². The lowest BCUT2D eigenvalue weighted by atomic mass is 10.1. The first-order valence-corrected chi connectivity index (χ1v) is 12.9. The summed E-state index contributed by atoms with van der Waals surface area (Å²) in [4.78, 5) is 22.3. The van der Waals surface area contributed by atoms with Gasteiger partial charge in [0.25, 0.3) is 0 Å². The minimum Gasteiger partial charge on any atom is -0.311 e. The highest BCUT2D eigenvalue weighted by Gasteiger charge is 2.33. The Hall–Kier alpha value is -4.04. The number of sulfone groups is 1. The van der Waals surface area contributed by atoms with Crippen LogP contribution in [0.25, 0.3) is 22.2 Å². The molecule has 1 atom stereocenters. The van der Waals surface area contributed by atoms with Crippen LogP contribution < -0.4 is 5.32 Å². The smallest absolute Gasteiger partial charge is 0.225 e. The van der Waals surface area contributed by atoms with Crippen LogP contribution in [0.5, 0.6) is 0 Å². The minimum atomic E-state index is -4.05. The van der Waals surface area contributed by atoms with Crippen LogP contribution in [-0.4, -0.2) is 28.9 Å². The number of aromatic nitrogens is 3. The average Bonchev–Trinajstić information content (AvgIpc) is 3.20. The summed E-state index contributed by atoms with van der Waals surface area (Å²) in [5.41, 5.74) is 2.76. The fourth-order valence-electron chi connectivity index (χ4n) is 4.21. The lowest BCUT2D eigenvalue weighted by Crippen LogP contribution is -2.18. The highest BCUT2D eigenvalue weighted by molar-refractivity contribution is 7.92. The van der Waals surface area contributed by atoms with Crippen LogP contribution in [0.3, 0.4) is 0 Å². The largest absolute Gasteiger partial charge is 0.311 e. The molecule has 0 aliphatic rings. The number of anilines is 1.